The van der Waals surface area contributed by atoms with E-state index < -0.39 is 10.0 Å². The van der Waals surface area contributed by atoms with Crippen molar-refractivity contribution in [2.24, 2.45) is 0 Å². The predicted octanol–water partition coefficient (Wildman–Crippen LogP) is 2.09. The van der Waals surface area contributed by atoms with E-state index in [2.05, 4.69) is 10.6 Å². The average Bonchev–Trinajstić information content (AvgIpc) is 2.61. The Morgan fingerprint density at radius 3 is 2.58 bits per heavy atom. The number of carbonyl (C=O) groups excluding carboxylic acids is 1. The highest BCUT2D eigenvalue weighted by atomic mass is 32.2. The van der Waals surface area contributed by atoms with E-state index in [4.69, 9.17) is 4.74 Å². The highest BCUT2D eigenvalue weighted by Crippen LogP contribution is 2.20. The molecule has 0 saturated heterocycles. The lowest BCUT2D eigenvalue weighted by molar-refractivity contribution is 0.231. The van der Waals surface area contributed by atoms with Gasteiger partial charge in [-0.2, -0.15) is 4.31 Å². The Labute approximate surface area is 156 Å². The summed E-state index contributed by atoms with van der Waals surface area (Å²) >= 11 is 0. The van der Waals surface area contributed by atoms with Gasteiger partial charge < -0.3 is 15.4 Å². The van der Waals surface area contributed by atoms with Crippen molar-refractivity contribution in [3.8, 4) is 5.75 Å². The molecule has 0 aromatic heterocycles. The van der Waals surface area contributed by atoms with Crippen LogP contribution in [0.3, 0.4) is 0 Å². The second-order valence-electron chi connectivity index (χ2n) is 6.64. The summed E-state index contributed by atoms with van der Waals surface area (Å²) in [5.41, 5.74) is 0.784. The number of hydrogen-bond donors (Lipinski definition) is 2. The van der Waals surface area contributed by atoms with Crippen LogP contribution >= 0.6 is 0 Å². The molecule has 0 radical (unpaired) electrons. The quantitative estimate of drug-likeness (QED) is 0.719. The summed E-state index contributed by atoms with van der Waals surface area (Å²) in [6.45, 7) is 0.657. The predicted molar refractivity (Wildman–Crippen MR) is 102 cm³/mol. The topological polar surface area (TPSA) is 87.7 Å². The zero-order valence-corrected chi connectivity index (χ0v) is 16.3. The SMILES string of the molecule is COc1ccccc1CN(CCNC(=O)NC1CCCCC1)S(C)(=O)=O. The lowest BCUT2D eigenvalue weighted by Crippen LogP contribution is -2.45. The monoisotopic (exact) mass is 383 g/mol. The smallest absolute Gasteiger partial charge is 0.315 e. The molecule has 1 aromatic rings. The molecular formula is C18H29N3O4S. The number of nitrogens with one attached hydrogen (secondary N) is 2. The number of benzene rings is 1. The minimum Gasteiger partial charge on any atom is -0.496 e. The maximum Gasteiger partial charge on any atom is 0.315 e. The molecule has 1 saturated carbocycles. The Morgan fingerprint density at radius 1 is 1.23 bits per heavy atom. The Balaban J connectivity index is 1.87. The van der Waals surface area contributed by atoms with Gasteiger partial charge in [0.2, 0.25) is 10.0 Å². The van der Waals surface area contributed by atoms with Crippen molar-refractivity contribution in [3.05, 3.63) is 29.8 Å². The highest BCUT2D eigenvalue weighted by Gasteiger charge is 2.19. The Kier molecular flexibility index (Phi) is 7.71. The fourth-order valence-corrected chi connectivity index (χ4v) is 3.96. The molecule has 0 heterocycles. The van der Waals surface area contributed by atoms with Gasteiger partial charge >= 0.3 is 6.03 Å². The molecule has 0 unspecified atom stereocenters. The van der Waals surface area contributed by atoms with Gasteiger partial charge in [0, 0.05) is 31.2 Å². The first kappa shape index (κ1) is 20.5. The van der Waals surface area contributed by atoms with Crippen molar-refractivity contribution < 1.29 is 17.9 Å². The van der Waals surface area contributed by atoms with Crippen LogP contribution in [-0.4, -0.2) is 51.3 Å². The fourth-order valence-electron chi connectivity index (χ4n) is 3.16. The Morgan fingerprint density at radius 2 is 1.92 bits per heavy atom. The van der Waals surface area contributed by atoms with Crippen LogP contribution in [0.4, 0.5) is 4.79 Å². The van der Waals surface area contributed by atoms with Crippen LogP contribution in [0.5, 0.6) is 5.75 Å². The molecule has 2 N–H and O–H groups in total. The van der Waals surface area contributed by atoms with E-state index in [0.717, 1.165) is 31.2 Å². The molecule has 1 fully saturated rings. The molecular weight excluding hydrogens is 354 g/mol. The third-order valence-corrected chi connectivity index (χ3v) is 5.85. The summed E-state index contributed by atoms with van der Waals surface area (Å²) in [4.78, 5) is 12.0. The van der Waals surface area contributed by atoms with Crippen LogP contribution in [0, 0.1) is 0 Å². The molecule has 26 heavy (non-hydrogen) atoms. The number of rotatable bonds is 8. The van der Waals surface area contributed by atoms with Gasteiger partial charge in [-0.15, -0.1) is 0 Å². The first-order valence-corrected chi connectivity index (χ1v) is 10.9. The number of para-hydroxylation sites is 1. The second kappa shape index (κ2) is 9.78. The molecule has 1 aliphatic carbocycles. The van der Waals surface area contributed by atoms with Gasteiger partial charge in [-0.25, -0.2) is 13.2 Å². The van der Waals surface area contributed by atoms with Crippen LogP contribution in [0.2, 0.25) is 0 Å². The number of amides is 2. The molecule has 0 atom stereocenters. The van der Waals surface area contributed by atoms with Gasteiger partial charge in [-0.3, -0.25) is 0 Å². The average molecular weight is 384 g/mol. The van der Waals surface area contributed by atoms with Crippen molar-refractivity contribution in [2.75, 3.05) is 26.5 Å². The summed E-state index contributed by atoms with van der Waals surface area (Å²) in [6, 6.07) is 7.30. The fraction of sp³-hybridized carbons (Fsp3) is 0.611. The minimum absolute atomic E-state index is 0.203. The van der Waals surface area contributed by atoms with E-state index in [1.807, 2.05) is 18.2 Å². The number of sulfonamides is 1. The molecule has 0 aliphatic heterocycles. The number of nitrogens with zero attached hydrogens (tertiary/aromatic N) is 1. The van der Waals surface area contributed by atoms with Crippen molar-refractivity contribution in [2.45, 2.75) is 44.7 Å². The highest BCUT2D eigenvalue weighted by molar-refractivity contribution is 7.88. The Hall–Kier alpha value is -1.80. The van der Waals surface area contributed by atoms with Crippen LogP contribution in [-0.2, 0) is 16.6 Å². The van der Waals surface area contributed by atoms with E-state index >= 15 is 0 Å². The first-order valence-electron chi connectivity index (χ1n) is 9.01. The van der Waals surface area contributed by atoms with E-state index in [1.165, 1.54) is 17.0 Å². The molecule has 0 bridgehead atoms. The van der Waals surface area contributed by atoms with Crippen LogP contribution in [0.25, 0.3) is 0 Å². The molecule has 8 heteroatoms. The maximum atomic E-state index is 12.1. The molecule has 2 amide bonds. The third-order valence-electron chi connectivity index (χ3n) is 4.60. The summed E-state index contributed by atoms with van der Waals surface area (Å²) in [7, 11) is -1.85. The lowest BCUT2D eigenvalue weighted by atomic mass is 9.96. The van der Waals surface area contributed by atoms with Crippen molar-refractivity contribution in [3.63, 3.8) is 0 Å². The largest absolute Gasteiger partial charge is 0.496 e. The number of methoxy groups -OCH3 is 1. The van der Waals surface area contributed by atoms with Gasteiger partial charge in [0.25, 0.3) is 0 Å². The zero-order chi connectivity index (χ0) is 19.0. The van der Waals surface area contributed by atoms with Gasteiger partial charge in [0.15, 0.2) is 0 Å². The zero-order valence-electron chi connectivity index (χ0n) is 15.5. The molecule has 1 aliphatic rings. The van der Waals surface area contributed by atoms with Gasteiger partial charge in [0.05, 0.1) is 13.4 Å². The van der Waals surface area contributed by atoms with Crippen LogP contribution < -0.4 is 15.4 Å². The van der Waals surface area contributed by atoms with E-state index in [-0.39, 0.29) is 31.7 Å². The first-order chi connectivity index (χ1) is 12.4. The summed E-state index contributed by atoms with van der Waals surface area (Å²) in [5, 5.41) is 5.72. The second-order valence-corrected chi connectivity index (χ2v) is 8.63. The van der Waals surface area contributed by atoms with E-state index in [1.54, 1.807) is 13.2 Å². The molecule has 2 rings (SSSR count). The molecule has 146 valence electrons. The number of hydrogen-bond acceptors (Lipinski definition) is 4. The van der Waals surface area contributed by atoms with Crippen molar-refractivity contribution >= 4 is 16.1 Å². The molecule has 7 nitrogen and oxygen atoms in total. The lowest BCUT2D eigenvalue weighted by Gasteiger charge is -2.24. The summed E-state index contributed by atoms with van der Waals surface area (Å²) in [6.07, 6.45) is 6.71. The van der Waals surface area contributed by atoms with Gasteiger partial charge in [0.1, 0.15) is 5.75 Å². The van der Waals surface area contributed by atoms with E-state index in [9.17, 15) is 13.2 Å². The van der Waals surface area contributed by atoms with Crippen LogP contribution in [0.1, 0.15) is 37.7 Å². The van der Waals surface area contributed by atoms with E-state index in [0.29, 0.717) is 5.75 Å². The van der Waals surface area contributed by atoms with Gasteiger partial charge in [-0.1, -0.05) is 37.5 Å². The molecule has 1 aromatic carbocycles. The standard InChI is InChI=1S/C18H29N3O4S/c1-25-17-11-7-6-8-15(17)14-21(26(2,23)24)13-12-19-18(22)20-16-9-4-3-5-10-16/h6-8,11,16H,3-5,9-10,12-14H2,1-2H3,(H2,19,20,22). The van der Waals surface area contributed by atoms with Crippen molar-refractivity contribution in [1.29, 1.82) is 0 Å². The third kappa shape index (κ3) is 6.49. The van der Waals surface area contributed by atoms with Gasteiger partial charge in [-0.05, 0) is 18.9 Å². The molecule has 0 spiro atoms. The maximum absolute atomic E-state index is 12.1. The van der Waals surface area contributed by atoms with Crippen LogP contribution in [0.15, 0.2) is 24.3 Å². The number of ether oxygens (including phenoxy) is 1. The summed E-state index contributed by atoms with van der Waals surface area (Å²) < 4.78 is 30.8. The van der Waals surface area contributed by atoms with Crippen molar-refractivity contribution in [1.82, 2.24) is 14.9 Å². The number of carbonyl (C=O) groups is 1. The number of urea groups is 1. The summed E-state index contributed by atoms with van der Waals surface area (Å²) in [5.74, 6) is 0.643. The normalized spacial score (nSPS) is 15.7. The minimum atomic E-state index is -3.41. The Bertz CT molecular complexity index is 687.